The van der Waals surface area contributed by atoms with Crippen LogP contribution >= 0.6 is 0 Å². The SMILES string of the molecule is CC1(CCC(=O)N2CCC(N3CCC[C@@H](C(=O)NC4CC4)C3)CC2)CC1. The van der Waals surface area contributed by atoms with E-state index in [1.54, 1.807) is 0 Å². The first-order valence-corrected chi connectivity index (χ1v) is 10.8. The minimum Gasteiger partial charge on any atom is -0.353 e. The fraction of sp³-hybridized carbons (Fsp3) is 0.905. The van der Waals surface area contributed by atoms with Crippen molar-refractivity contribution in [2.45, 2.75) is 83.2 Å². The number of nitrogens with zero attached hydrogens (tertiary/aromatic N) is 2. The molecular weight excluding hydrogens is 326 g/mol. The Morgan fingerprint density at radius 1 is 1.04 bits per heavy atom. The van der Waals surface area contributed by atoms with Crippen LogP contribution in [0.1, 0.15) is 71.1 Å². The molecule has 4 fully saturated rings. The molecule has 4 rings (SSSR count). The quantitative estimate of drug-likeness (QED) is 0.791. The molecule has 2 heterocycles. The largest absolute Gasteiger partial charge is 0.353 e. The van der Waals surface area contributed by atoms with Crippen LogP contribution in [0.3, 0.4) is 0 Å². The van der Waals surface area contributed by atoms with Crippen molar-refractivity contribution in [3.8, 4) is 0 Å². The topological polar surface area (TPSA) is 52.7 Å². The van der Waals surface area contributed by atoms with Crippen molar-refractivity contribution in [2.75, 3.05) is 26.2 Å². The smallest absolute Gasteiger partial charge is 0.224 e. The number of hydrogen-bond donors (Lipinski definition) is 1. The Morgan fingerprint density at radius 3 is 2.42 bits per heavy atom. The molecule has 2 saturated heterocycles. The van der Waals surface area contributed by atoms with Crippen molar-refractivity contribution in [3.05, 3.63) is 0 Å². The van der Waals surface area contributed by atoms with Gasteiger partial charge in [0, 0.05) is 38.1 Å². The van der Waals surface area contributed by atoms with Crippen molar-refractivity contribution in [1.29, 1.82) is 0 Å². The Labute approximate surface area is 157 Å². The summed E-state index contributed by atoms with van der Waals surface area (Å²) in [6.07, 6.45) is 11.0. The highest BCUT2D eigenvalue weighted by Gasteiger charge is 2.38. The maximum atomic E-state index is 12.5. The summed E-state index contributed by atoms with van der Waals surface area (Å²) in [4.78, 5) is 29.5. The second-order valence-corrected chi connectivity index (χ2v) is 9.54. The van der Waals surface area contributed by atoms with Gasteiger partial charge in [-0.05, 0) is 69.7 Å². The van der Waals surface area contributed by atoms with Gasteiger partial charge in [-0.3, -0.25) is 14.5 Å². The van der Waals surface area contributed by atoms with E-state index in [0.717, 1.165) is 77.5 Å². The van der Waals surface area contributed by atoms with Crippen LogP contribution in [0.2, 0.25) is 0 Å². The van der Waals surface area contributed by atoms with Crippen LogP contribution in [0.4, 0.5) is 0 Å². The highest BCUT2D eigenvalue weighted by molar-refractivity contribution is 5.79. The number of nitrogens with one attached hydrogen (secondary N) is 1. The molecule has 2 saturated carbocycles. The molecule has 0 aromatic heterocycles. The minimum absolute atomic E-state index is 0.170. The zero-order valence-electron chi connectivity index (χ0n) is 16.3. The highest BCUT2D eigenvalue weighted by atomic mass is 16.2. The minimum atomic E-state index is 0.170. The summed E-state index contributed by atoms with van der Waals surface area (Å²) < 4.78 is 0. The van der Waals surface area contributed by atoms with Crippen LogP contribution in [-0.2, 0) is 9.59 Å². The summed E-state index contributed by atoms with van der Waals surface area (Å²) in [7, 11) is 0. The molecule has 0 aromatic carbocycles. The van der Waals surface area contributed by atoms with Crippen LogP contribution in [0.15, 0.2) is 0 Å². The van der Waals surface area contributed by atoms with Gasteiger partial charge in [0.2, 0.25) is 11.8 Å². The van der Waals surface area contributed by atoms with E-state index >= 15 is 0 Å². The molecule has 0 bridgehead atoms. The summed E-state index contributed by atoms with van der Waals surface area (Å²) in [5.74, 6) is 0.804. The van der Waals surface area contributed by atoms with Crippen molar-refractivity contribution in [3.63, 3.8) is 0 Å². The molecule has 0 spiro atoms. The number of hydrogen-bond acceptors (Lipinski definition) is 3. The molecular formula is C21H35N3O2. The van der Waals surface area contributed by atoms with E-state index in [2.05, 4.69) is 22.0 Å². The van der Waals surface area contributed by atoms with Gasteiger partial charge >= 0.3 is 0 Å². The first-order chi connectivity index (χ1) is 12.5. The van der Waals surface area contributed by atoms with E-state index in [-0.39, 0.29) is 11.8 Å². The normalized spacial score (nSPS) is 29.4. The molecule has 0 unspecified atom stereocenters. The Balaban J connectivity index is 1.20. The summed E-state index contributed by atoms with van der Waals surface area (Å²) in [5, 5.41) is 3.18. The van der Waals surface area contributed by atoms with Gasteiger partial charge in [0.15, 0.2) is 0 Å². The van der Waals surface area contributed by atoms with Crippen molar-refractivity contribution < 1.29 is 9.59 Å². The van der Waals surface area contributed by atoms with E-state index in [0.29, 0.717) is 23.4 Å². The molecule has 0 radical (unpaired) electrons. The average molecular weight is 362 g/mol. The van der Waals surface area contributed by atoms with E-state index < -0.39 is 0 Å². The molecule has 2 aliphatic heterocycles. The zero-order valence-corrected chi connectivity index (χ0v) is 16.3. The van der Waals surface area contributed by atoms with Crippen molar-refractivity contribution >= 4 is 11.8 Å². The molecule has 2 amide bonds. The second kappa shape index (κ2) is 7.49. The summed E-state index contributed by atoms with van der Waals surface area (Å²) in [6, 6.07) is 1.02. The lowest BCUT2D eigenvalue weighted by Gasteiger charge is -2.42. The lowest BCUT2D eigenvalue weighted by Crippen LogP contribution is -2.51. The van der Waals surface area contributed by atoms with Crippen LogP contribution in [0, 0.1) is 11.3 Å². The van der Waals surface area contributed by atoms with Gasteiger partial charge in [0.25, 0.3) is 0 Å². The van der Waals surface area contributed by atoms with Crippen LogP contribution < -0.4 is 5.32 Å². The number of carbonyl (C=O) groups excluding carboxylic acids is 2. The van der Waals surface area contributed by atoms with Crippen molar-refractivity contribution in [1.82, 2.24) is 15.1 Å². The molecule has 1 atom stereocenters. The fourth-order valence-electron chi connectivity index (χ4n) is 4.61. The molecule has 2 aliphatic carbocycles. The Kier molecular flexibility index (Phi) is 5.27. The molecule has 1 N–H and O–H groups in total. The van der Waals surface area contributed by atoms with Gasteiger partial charge in [-0.25, -0.2) is 0 Å². The predicted octanol–water partition coefficient (Wildman–Crippen LogP) is 2.55. The van der Waals surface area contributed by atoms with Crippen LogP contribution in [0.5, 0.6) is 0 Å². The average Bonchev–Trinajstić information content (AvgIpc) is 3.59. The van der Waals surface area contributed by atoms with E-state index in [1.807, 2.05) is 0 Å². The number of likely N-dealkylation sites (tertiary alicyclic amines) is 2. The third kappa shape index (κ3) is 4.59. The van der Waals surface area contributed by atoms with Gasteiger partial charge in [0.1, 0.15) is 0 Å². The third-order valence-corrected chi connectivity index (χ3v) is 7.13. The van der Waals surface area contributed by atoms with Gasteiger partial charge in [-0.15, -0.1) is 0 Å². The molecule has 5 heteroatoms. The molecule has 5 nitrogen and oxygen atoms in total. The number of carbonyl (C=O) groups is 2. The standard InChI is InChI=1S/C21H35N3O2/c1-21(10-11-21)9-6-19(25)23-13-7-18(8-14-23)24-12-2-3-16(15-24)20(26)22-17-4-5-17/h16-18H,2-15H2,1H3,(H,22,26)/t16-/m1/s1. The van der Waals surface area contributed by atoms with E-state index in [1.165, 1.54) is 12.8 Å². The predicted molar refractivity (Wildman–Crippen MR) is 102 cm³/mol. The highest BCUT2D eigenvalue weighted by Crippen LogP contribution is 2.49. The maximum Gasteiger partial charge on any atom is 0.224 e. The lowest BCUT2D eigenvalue weighted by molar-refractivity contribution is -0.133. The van der Waals surface area contributed by atoms with Crippen LogP contribution in [0.25, 0.3) is 0 Å². The number of piperidine rings is 2. The van der Waals surface area contributed by atoms with Gasteiger partial charge in [-0.1, -0.05) is 6.92 Å². The maximum absolute atomic E-state index is 12.5. The third-order valence-electron chi connectivity index (χ3n) is 7.13. The molecule has 0 aromatic rings. The zero-order chi connectivity index (χ0) is 18.1. The second-order valence-electron chi connectivity index (χ2n) is 9.54. The van der Waals surface area contributed by atoms with Gasteiger partial charge in [-0.2, -0.15) is 0 Å². The Bertz CT molecular complexity index is 533. The molecule has 146 valence electrons. The van der Waals surface area contributed by atoms with E-state index in [9.17, 15) is 9.59 Å². The van der Waals surface area contributed by atoms with E-state index in [4.69, 9.17) is 0 Å². The lowest BCUT2D eigenvalue weighted by atomic mass is 9.93. The van der Waals surface area contributed by atoms with Gasteiger partial charge < -0.3 is 10.2 Å². The van der Waals surface area contributed by atoms with Crippen molar-refractivity contribution in [2.24, 2.45) is 11.3 Å². The number of amides is 2. The van der Waals surface area contributed by atoms with Crippen LogP contribution in [-0.4, -0.2) is 59.9 Å². The number of rotatable bonds is 6. The first kappa shape index (κ1) is 18.3. The monoisotopic (exact) mass is 361 g/mol. The summed E-state index contributed by atoms with van der Waals surface area (Å²) >= 11 is 0. The Hall–Kier alpha value is -1.10. The molecule has 4 aliphatic rings. The molecule has 26 heavy (non-hydrogen) atoms. The van der Waals surface area contributed by atoms with Gasteiger partial charge in [0.05, 0.1) is 5.92 Å². The Morgan fingerprint density at radius 2 is 1.77 bits per heavy atom. The fourth-order valence-corrected chi connectivity index (χ4v) is 4.61. The summed E-state index contributed by atoms with van der Waals surface area (Å²) in [6.45, 7) is 6.13. The first-order valence-electron chi connectivity index (χ1n) is 10.8. The summed E-state index contributed by atoms with van der Waals surface area (Å²) in [5.41, 5.74) is 0.470.